The van der Waals surface area contributed by atoms with Gasteiger partial charge in [0.05, 0.1) is 25.4 Å². The minimum Gasteiger partial charge on any atom is -0.475 e. The zero-order valence-corrected chi connectivity index (χ0v) is 16.2. The predicted octanol–water partition coefficient (Wildman–Crippen LogP) is 2.12. The van der Waals surface area contributed by atoms with Gasteiger partial charge in [-0.1, -0.05) is 6.07 Å². The van der Waals surface area contributed by atoms with Crippen molar-refractivity contribution >= 4 is 5.96 Å². The van der Waals surface area contributed by atoms with Gasteiger partial charge in [-0.3, -0.25) is 0 Å². The van der Waals surface area contributed by atoms with E-state index in [0.29, 0.717) is 12.4 Å². The lowest BCUT2D eigenvalue weighted by molar-refractivity contribution is 0.0420. The number of rotatable bonds is 10. The summed E-state index contributed by atoms with van der Waals surface area (Å²) in [5.41, 5.74) is 1.04. The summed E-state index contributed by atoms with van der Waals surface area (Å²) in [7, 11) is 0. The van der Waals surface area contributed by atoms with Gasteiger partial charge < -0.3 is 24.8 Å². The van der Waals surface area contributed by atoms with Gasteiger partial charge in [0.2, 0.25) is 5.88 Å². The molecule has 0 radical (unpaired) electrons. The van der Waals surface area contributed by atoms with Gasteiger partial charge in [-0.25, -0.2) is 9.98 Å². The Morgan fingerprint density at radius 2 is 2.27 bits per heavy atom. The van der Waals surface area contributed by atoms with Gasteiger partial charge in [-0.05, 0) is 39.2 Å². The zero-order chi connectivity index (χ0) is 18.6. The average molecular weight is 364 g/mol. The van der Waals surface area contributed by atoms with E-state index in [2.05, 4.69) is 27.5 Å². The maximum Gasteiger partial charge on any atom is 0.213 e. The van der Waals surface area contributed by atoms with Crippen molar-refractivity contribution in [2.45, 2.75) is 52.4 Å². The second-order valence-electron chi connectivity index (χ2n) is 6.50. The summed E-state index contributed by atoms with van der Waals surface area (Å²) >= 11 is 0. The molecule has 1 aliphatic rings. The first-order valence-corrected chi connectivity index (χ1v) is 9.50. The van der Waals surface area contributed by atoms with Gasteiger partial charge >= 0.3 is 0 Å². The predicted molar refractivity (Wildman–Crippen MR) is 103 cm³/mol. The number of hydrogen-bond donors (Lipinski definition) is 2. The van der Waals surface area contributed by atoms with Crippen molar-refractivity contribution in [2.75, 3.05) is 32.9 Å². The molecule has 1 aromatic rings. The Hall–Kier alpha value is -1.86. The van der Waals surface area contributed by atoms with Crippen LogP contribution in [0.2, 0.25) is 0 Å². The Balaban J connectivity index is 1.70. The Kier molecular flexibility index (Phi) is 9.20. The minimum atomic E-state index is 0.126. The van der Waals surface area contributed by atoms with E-state index in [4.69, 9.17) is 14.2 Å². The summed E-state index contributed by atoms with van der Waals surface area (Å²) in [5, 5.41) is 6.59. The number of ether oxygens (including phenoxy) is 3. The summed E-state index contributed by atoms with van der Waals surface area (Å²) in [4.78, 5) is 8.91. The van der Waals surface area contributed by atoms with Crippen LogP contribution in [0.25, 0.3) is 0 Å². The third-order valence-electron chi connectivity index (χ3n) is 3.77. The molecular formula is C19H32N4O3. The maximum absolute atomic E-state index is 5.77. The Bertz CT molecular complexity index is 528. The fourth-order valence-electron chi connectivity index (χ4n) is 2.50. The molecule has 7 heteroatoms. The van der Waals surface area contributed by atoms with E-state index >= 15 is 0 Å². The second-order valence-corrected chi connectivity index (χ2v) is 6.50. The summed E-state index contributed by atoms with van der Waals surface area (Å²) < 4.78 is 16.6. The third kappa shape index (κ3) is 8.01. The molecule has 2 heterocycles. The SMILES string of the molecule is CCNC(=NCc1ccc(OC(C)C)nc1)NCCCOC1CCOC1. The largest absolute Gasteiger partial charge is 0.475 e. The number of aliphatic imine (C=N–C) groups is 1. The van der Waals surface area contributed by atoms with Crippen LogP contribution < -0.4 is 15.4 Å². The van der Waals surface area contributed by atoms with Gasteiger partial charge in [0, 0.05) is 38.6 Å². The Morgan fingerprint density at radius 3 is 2.92 bits per heavy atom. The lowest BCUT2D eigenvalue weighted by Gasteiger charge is -2.13. The molecule has 1 aliphatic heterocycles. The second kappa shape index (κ2) is 11.7. The fourth-order valence-corrected chi connectivity index (χ4v) is 2.50. The average Bonchev–Trinajstić information content (AvgIpc) is 3.13. The highest BCUT2D eigenvalue weighted by Gasteiger charge is 2.15. The van der Waals surface area contributed by atoms with Crippen LogP contribution in [0.1, 0.15) is 39.2 Å². The zero-order valence-electron chi connectivity index (χ0n) is 16.2. The molecule has 2 rings (SSSR count). The van der Waals surface area contributed by atoms with Crippen molar-refractivity contribution in [3.63, 3.8) is 0 Å². The Morgan fingerprint density at radius 1 is 1.38 bits per heavy atom. The van der Waals surface area contributed by atoms with E-state index in [-0.39, 0.29) is 12.2 Å². The molecule has 1 saturated heterocycles. The Labute approximate surface area is 156 Å². The van der Waals surface area contributed by atoms with E-state index in [1.54, 1.807) is 0 Å². The standard InChI is InChI=1S/C19H32N4O3/c1-4-20-19(21-9-5-10-25-17-8-11-24-14-17)23-13-16-6-7-18(22-12-16)26-15(2)3/h6-7,12,15,17H,4-5,8-11,13-14H2,1-3H3,(H2,20,21,23). The summed E-state index contributed by atoms with van der Waals surface area (Å²) in [5.74, 6) is 1.45. The first kappa shape index (κ1) is 20.5. The van der Waals surface area contributed by atoms with Crippen LogP contribution in [0.15, 0.2) is 23.3 Å². The lowest BCUT2D eigenvalue weighted by Crippen LogP contribution is -2.38. The van der Waals surface area contributed by atoms with Crippen LogP contribution >= 0.6 is 0 Å². The first-order valence-electron chi connectivity index (χ1n) is 9.50. The van der Waals surface area contributed by atoms with E-state index in [1.807, 2.05) is 32.2 Å². The number of guanidine groups is 1. The van der Waals surface area contributed by atoms with Gasteiger partial charge in [-0.15, -0.1) is 0 Å². The van der Waals surface area contributed by atoms with Gasteiger partial charge in [-0.2, -0.15) is 0 Å². The molecule has 1 fully saturated rings. The molecule has 0 amide bonds. The number of nitrogens with one attached hydrogen (secondary N) is 2. The van der Waals surface area contributed by atoms with Crippen molar-refractivity contribution in [1.29, 1.82) is 0 Å². The van der Waals surface area contributed by atoms with Crippen LogP contribution in [0, 0.1) is 0 Å². The van der Waals surface area contributed by atoms with Crippen LogP contribution in [-0.2, 0) is 16.0 Å². The van der Waals surface area contributed by atoms with Crippen molar-refractivity contribution in [3.8, 4) is 5.88 Å². The first-order chi connectivity index (χ1) is 12.7. The molecule has 1 unspecified atom stereocenters. The monoisotopic (exact) mass is 364 g/mol. The molecule has 1 aromatic heterocycles. The summed E-state index contributed by atoms with van der Waals surface area (Å²) in [6, 6.07) is 3.88. The smallest absolute Gasteiger partial charge is 0.213 e. The van der Waals surface area contributed by atoms with Crippen molar-refractivity contribution < 1.29 is 14.2 Å². The van der Waals surface area contributed by atoms with Crippen molar-refractivity contribution in [2.24, 2.45) is 4.99 Å². The fraction of sp³-hybridized carbons (Fsp3) is 0.684. The highest BCUT2D eigenvalue weighted by molar-refractivity contribution is 5.79. The molecule has 7 nitrogen and oxygen atoms in total. The van der Waals surface area contributed by atoms with Gasteiger partial charge in [0.1, 0.15) is 0 Å². The maximum atomic E-state index is 5.77. The van der Waals surface area contributed by atoms with Gasteiger partial charge in [0.25, 0.3) is 0 Å². The molecular weight excluding hydrogens is 332 g/mol. The molecule has 0 bridgehead atoms. The topological polar surface area (TPSA) is 77.0 Å². The van der Waals surface area contributed by atoms with Gasteiger partial charge in [0.15, 0.2) is 5.96 Å². The van der Waals surface area contributed by atoms with Crippen LogP contribution in [0.5, 0.6) is 5.88 Å². The molecule has 2 N–H and O–H groups in total. The molecule has 0 spiro atoms. The molecule has 26 heavy (non-hydrogen) atoms. The third-order valence-corrected chi connectivity index (χ3v) is 3.77. The minimum absolute atomic E-state index is 0.126. The highest BCUT2D eigenvalue weighted by atomic mass is 16.5. The van der Waals surface area contributed by atoms with E-state index in [0.717, 1.165) is 57.3 Å². The number of hydrogen-bond acceptors (Lipinski definition) is 5. The molecule has 1 atom stereocenters. The number of nitrogens with zero attached hydrogens (tertiary/aromatic N) is 2. The van der Waals surface area contributed by atoms with Crippen molar-refractivity contribution in [3.05, 3.63) is 23.9 Å². The number of aromatic nitrogens is 1. The molecule has 0 aromatic carbocycles. The highest BCUT2D eigenvalue weighted by Crippen LogP contribution is 2.10. The lowest BCUT2D eigenvalue weighted by atomic mass is 10.3. The quantitative estimate of drug-likeness (QED) is 0.376. The molecule has 0 aliphatic carbocycles. The van der Waals surface area contributed by atoms with Crippen LogP contribution in [0.4, 0.5) is 0 Å². The summed E-state index contributed by atoms with van der Waals surface area (Å²) in [6.07, 6.45) is 4.15. The van der Waals surface area contributed by atoms with E-state index in [9.17, 15) is 0 Å². The molecule has 146 valence electrons. The molecule has 0 saturated carbocycles. The normalized spacial score (nSPS) is 17.5. The van der Waals surface area contributed by atoms with E-state index < -0.39 is 0 Å². The van der Waals surface area contributed by atoms with Crippen molar-refractivity contribution in [1.82, 2.24) is 15.6 Å². The van der Waals surface area contributed by atoms with Crippen LogP contribution in [0.3, 0.4) is 0 Å². The summed E-state index contributed by atoms with van der Waals surface area (Å²) in [6.45, 7) is 10.5. The van der Waals surface area contributed by atoms with Crippen LogP contribution in [-0.4, -0.2) is 56.1 Å². The van der Waals surface area contributed by atoms with E-state index in [1.165, 1.54) is 0 Å². The number of pyridine rings is 1.